The first-order valence-electron chi connectivity index (χ1n) is 4.83. The third-order valence-electron chi connectivity index (χ3n) is 1.98. The smallest absolute Gasteiger partial charge is 0.308 e. The van der Waals surface area contributed by atoms with Crippen molar-refractivity contribution in [3.05, 3.63) is 22.7 Å². The molecule has 0 amide bonds. The van der Waals surface area contributed by atoms with Gasteiger partial charge in [-0.25, -0.2) is 0 Å². The summed E-state index contributed by atoms with van der Waals surface area (Å²) in [6, 6.07) is 3.50. The summed E-state index contributed by atoms with van der Waals surface area (Å²) in [6.07, 6.45) is 1.82. The quantitative estimate of drug-likeness (QED) is 0.633. The van der Waals surface area contributed by atoms with Crippen LogP contribution in [0.15, 0.2) is 17.1 Å². The van der Waals surface area contributed by atoms with E-state index in [1.165, 1.54) is 21.1 Å². The number of methoxy groups -OCH3 is 2. The Kier molecular flexibility index (Phi) is 5.03. The maximum Gasteiger partial charge on any atom is 0.308 e. The first-order chi connectivity index (χ1) is 8.12. The summed E-state index contributed by atoms with van der Waals surface area (Å²) >= 11 is 3.19. The molecule has 0 aliphatic rings. The van der Waals surface area contributed by atoms with E-state index in [2.05, 4.69) is 15.9 Å². The molecule has 0 fully saturated rings. The van der Waals surface area contributed by atoms with E-state index in [0.717, 1.165) is 5.56 Å². The highest BCUT2D eigenvalue weighted by Gasteiger charge is 2.15. The second-order valence-electron chi connectivity index (χ2n) is 3.14. The van der Waals surface area contributed by atoms with Gasteiger partial charge in [0.15, 0.2) is 11.5 Å². The summed E-state index contributed by atoms with van der Waals surface area (Å²) in [6.45, 7) is 1.32. The zero-order valence-corrected chi connectivity index (χ0v) is 11.4. The van der Waals surface area contributed by atoms with Crippen molar-refractivity contribution < 1.29 is 19.0 Å². The maximum atomic E-state index is 11.0. The van der Waals surface area contributed by atoms with Gasteiger partial charge in [-0.1, -0.05) is 15.9 Å². The van der Waals surface area contributed by atoms with Crippen molar-refractivity contribution >= 4 is 28.0 Å². The van der Waals surface area contributed by atoms with E-state index in [0.29, 0.717) is 11.5 Å². The standard InChI is InChI=1S/C12H13BrO4/c1-8(14)17-12-10(15-2)6-9(4-5-13)7-11(12)16-3/h4-7H,1-3H3/b5-4+. The lowest BCUT2D eigenvalue weighted by Crippen LogP contribution is -2.05. The molecule has 0 unspecified atom stereocenters. The van der Waals surface area contributed by atoms with E-state index >= 15 is 0 Å². The second-order valence-corrected chi connectivity index (χ2v) is 3.67. The van der Waals surface area contributed by atoms with Gasteiger partial charge in [-0.05, 0) is 28.8 Å². The van der Waals surface area contributed by atoms with Crippen LogP contribution in [0.5, 0.6) is 17.2 Å². The van der Waals surface area contributed by atoms with E-state index < -0.39 is 5.97 Å². The highest BCUT2D eigenvalue weighted by molar-refractivity contribution is 9.11. The molecule has 92 valence electrons. The van der Waals surface area contributed by atoms with Gasteiger partial charge < -0.3 is 14.2 Å². The van der Waals surface area contributed by atoms with Crippen LogP contribution in [0.2, 0.25) is 0 Å². The molecule has 0 N–H and O–H groups in total. The first-order valence-corrected chi connectivity index (χ1v) is 5.75. The van der Waals surface area contributed by atoms with Gasteiger partial charge in [0.25, 0.3) is 0 Å². The molecule has 0 bridgehead atoms. The number of esters is 1. The van der Waals surface area contributed by atoms with Gasteiger partial charge in [0.2, 0.25) is 5.75 Å². The van der Waals surface area contributed by atoms with Crippen molar-refractivity contribution in [3.63, 3.8) is 0 Å². The van der Waals surface area contributed by atoms with Crippen molar-refractivity contribution in [3.8, 4) is 17.2 Å². The van der Waals surface area contributed by atoms with Gasteiger partial charge in [0.1, 0.15) is 0 Å². The summed E-state index contributed by atoms with van der Waals surface area (Å²) in [7, 11) is 3.01. The van der Waals surface area contributed by atoms with Crippen LogP contribution in [0.25, 0.3) is 6.08 Å². The summed E-state index contributed by atoms with van der Waals surface area (Å²) in [5, 5.41) is 0. The normalized spacial score (nSPS) is 10.4. The topological polar surface area (TPSA) is 44.8 Å². The van der Waals surface area contributed by atoms with Gasteiger partial charge in [-0.2, -0.15) is 0 Å². The fourth-order valence-corrected chi connectivity index (χ4v) is 1.62. The Labute approximate surface area is 108 Å². The Bertz CT molecular complexity index is 415. The van der Waals surface area contributed by atoms with E-state index in [4.69, 9.17) is 14.2 Å². The van der Waals surface area contributed by atoms with Crippen LogP contribution in [0.3, 0.4) is 0 Å². The van der Waals surface area contributed by atoms with E-state index in [1.807, 2.05) is 6.08 Å². The summed E-state index contributed by atoms with van der Waals surface area (Å²) in [5.74, 6) is 0.750. The molecule has 1 aromatic rings. The number of ether oxygens (including phenoxy) is 3. The van der Waals surface area contributed by atoms with Crippen molar-refractivity contribution in [1.82, 2.24) is 0 Å². The van der Waals surface area contributed by atoms with Crippen LogP contribution in [-0.2, 0) is 4.79 Å². The number of rotatable bonds is 4. The van der Waals surface area contributed by atoms with Gasteiger partial charge in [0, 0.05) is 6.92 Å². The minimum absolute atomic E-state index is 0.286. The Hall–Kier alpha value is -1.49. The molecule has 1 rings (SSSR count). The highest BCUT2D eigenvalue weighted by atomic mass is 79.9. The third-order valence-corrected chi connectivity index (χ3v) is 2.25. The SMILES string of the molecule is COc1cc(/C=C/Br)cc(OC)c1OC(C)=O. The lowest BCUT2D eigenvalue weighted by atomic mass is 10.2. The Morgan fingerprint density at radius 3 is 2.12 bits per heavy atom. The lowest BCUT2D eigenvalue weighted by Gasteiger charge is -2.13. The van der Waals surface area contributed by atoms with Crippen molar-refractivity contribution in [2.75, 3.05) is 14.2 Å². The summed E-state index contributed by atoms with van der Waals surface area (Å²) in [4.78, 5) is 12.7. The molecule has 0 aromatic heterocycles. The molecule has 0 aliphatic heterocycles. The molecular formula is C12H13BrO4. The minimum Gasteiger partial charge on any atom is -0.493 e. The fraction of sp³-hybridized carbons (Fsp3) is 0.250. The van der Waals surface area contributed by atoms with Crippen molar-refractivity contribution in [2.45, 2.75) is 6.92 Å². The lowest BCUT2D eigenvalue weighted by molar-refractivity contribution is -0.132. The predicted molar refractivity (Wildman–Crippen MR) is 68.8 cm³/mol. The van der Waals surface area contributed by atoms with Gasteiger partial charge in [0.05, 0.1) is 14.2 Å². The van der Waals surface area contributed by atoms with Crippen LogP contribution < -0.4 is 14.2 Å². The minimum atomic E-state index is -0.426. The Balaban J connectivity index is 3.30. The predicted octanol–water partition coefficient (Wildman–Crippen LogP) is 2.99. The average molecular weight is 301 g/mol. The number of hydrogen-bond donors (Lipinski definition) is 0. The molecule has 0 heterocycles. The number of benzene rings is 1. The molecule has 0 saturated heterocycles. The number of carbonyl (C=O) groups excluding carboxylic acids is 1. The van der Waals surface area contributed by atoms with Crippen LogP contribution in [0.1, 0.15) is 12.5 Å². The Morgan fingerprint density at radius 2 is 1.76 bits per heavy atom. The number of carbonyl (C=O) groups is 1. The van der Waals surface area contributed by atoms with E-state index in [9.17, 15) is 4.79 Å². The van der Waals surface area contributed by atoms with Crippen LogP contribution >= 0.6 is 15.9 Å². The first kappa shape index (κ1) is 13.6. The molecule has 5 heteroatoms. The molecule has 0 saturated carbocycles. The largest absolute Gasteiger partial charge is 0.493 e. The monoisotopic (exact) mass is 300 g/mol. The molecule has 17 heavy (non-hydrogen) atoms. The van der Waals surface area contributed by atoms with Crippen molar-refractivity contribution in [1.29, 1.82) is 0 Å². The fourth-order valence-electron chi connectivity index (χ4n) is 1.31. The number of halogens is 1. The zero-order chi connectivity index (χ0) is 12.8. The van der Waals surface area contributed by atoms with Gasteiger partial charge in [-0.3, -0.25) is 4.79 Å². The van der Waals surface area contributed by atoms with E-state index in [-0.39, 0.29) is 5.75 Å². The maximum absolute atomic E-state index is 11.0. The van der Waals surface area contributed by atoms with Crippen LogP contribution in [0.4, 0.5) is 0 Å². The molecule has 0 aliphatic carbocycles. The van der Waals surface area contributed by atoms with Gasteiger partial charge in [-0.15, -0.1) is 0 Å². The number of hydrogen-bond acceptors (Lipinski definition) is 4. The Morgan fingerprint density at radius 1 is 1.24 bits per heavy atom. The highest BCUT2D eigenvalue weighted by Crippen LogP contribution is 2.39. The molecule has 0 radical (unpaired) electrons. The average Bonchev–Trinajstić information content (AvgIpc) is 2.30. The van der Waals surface area contributed by atoms with Crippen LogP contribution in [0, 0.1) is 0 Å². The van der Waals surface area contributed by atoms with Crippen molar-refractivity contribution in [2.24, 2.45) is 0 Å². The molecule has 1 aromatic carbocycles. The molecular weight excluding hydrogens is 288 g/mol. The molecule has 0 atom stereocenters. The second kappa shape index (κ2) is 6.30. The molecule has 0 spiro atoms. The van der Waals surface area contributed by atoms with Crippen LogP contribution in [-0.4, -0.2) is 20.2 Å². The summed E-state index contributed by atoms with van der Waals surface area (Å²) in [5.41, 5.74) is 0.867. The molecule has 4 nitrogen and oxygen atoms in total. The van der Waals surface area contributed by atoms with E-state index in [1.54, 1.807) is 17.1 Å². The van der Waals surface area contributed by atoms with Gasteiger partial charge >= 0.3 is 5.97 Å². The third kappa shape index (κ3) is 3.49. The summed E-state index contributed by atoms with van der Waals surface area (Å²) < 4.78 is 15.4. The zero-order valence-electron chi connectivity index (χ0n) is 9.82.